The first kappa shape index (κ1) is 16.4. The number of esters is 1. The molecule has 0 spiro atoms. The first-order chi connectivity index (χ1) is 12.1. The molecule has 0 N–H and O–H groups in total. The number of ether oxygens (including phenoxy) is 1. The molecule has 25 heavy (non-hydrogen) atoms. The lowest BCUT2D eigenvalue weighted by molar-refractivity contribution is -0.135. The van der Waals surface area contributed by atoms with E-state index in [1.165, 1.54) is 36.8 Å². The summed E-state index contributed by atoms with van der Waals surface area (Å²) in [5, 5.41) is 0. The van der Waals surface area contributed by atoms with Crippen molar-refractivity contribution >= 4 is 5.97 Å². The fourth-order valence-corrected chi connectivity index (χ4v) is 4.69. The highest BCUT2D eigenvalue weighted by atomic mass is 16.5. The second-order valence-electron chi connectivity index (χ2n) is 7.96. The summed E-state index contributed by atoms with van der Waals surface area (Å²) in [5.41, 5.74) is 4.62. The molecular weight excluding hydrogens is 308 g/mol. The number of carbonyl (C=O) groups excluding carboxylic acids is 1. The van der Waals surface area contributed by atoms with E-state index in [4.69, 9.17) is 4.74 Å². The Balaban J connectivity index is 1.42. The number of fused-ring (bicyclic) bond motifs is 2. The van der Waals surface area contributed by atoms with E-state index >= 15 is 0 Å². The van der Waals surface area contributed by atoms with Crippen LogP contribution >= 0.6 is 0 Å². The third-order valence-electron chi connectivity index (χ3n) is 6.10. The SMILES string of the molecule is Cc1ccc(-c2ccc(OC(=O)C[C@H]3C[C@H]4CC[C@@H]3C4)c(C)c2)cc1. The Bertz CT molecular complexity index is 775. The minimum absolute atomic E-state index is 0.0660. The molecule has 4 rings (SSSR count). The molecule has 0 heterocycles. The number of rotatable bonds is 4. The van der Waals surface area contributed by atoms with E-state index in [1.807, 2.05) is 19.1 Å². The van der Waals surface area contributed by atoms with Crippen LogP contribution in [0, 0.1) is 31.6 Å². The molecule has 0 saturated heterocycles. The van der Waals surface area contributed by atoms with Crippen molar-refractivity contribution in [2.45, 2.75) is 46.0 Å². The van der Waals surface area contributed by atoms with Gasteiger partial charge in [-0.3, -0.25) is 4.79 Å². The van der Waals surface area contributed by atoms with Gasteiger partial charge < -0.3 is 4.74 Å². The van der Waals surface area contributed by atoms with E-state index in [0.717, 1.165) is 23.0 Å². The van der Waals surface area contributed by atoms with Crippen LogP contribution in [0.3, 0.4) is 0 Å². The Morgan fingerprint density at radius 3 is 2.40 bits per heavy atom. The summed E-state index contributed by atoms with van der Waals surface area (Å²) >= 11 is 0. The summed E-state index contributed by atoms with van der Waals surface area (Å²) in [6.45, 7) is 4.10. The second kappa shape index (κ2) is 6.67. The summed E-state index contributed by atoms with van der Waals surface area (Å²) in [6.07, 6.45) is 5.83. The lowest BCUT2D eigenvalue weighted by Gasteiger charge is -2.20. The first-order valence-electron chi connectivity index (χ1n) is 9.47. The summed E-state index contributed by atoms with van der Waals surface area (Å²) < 4.78 is 5.69. The molecule has 2 saturated carbocycles. The maximum atomic E-state index is 12.4. The van der Waals surface area contributed by atoms with Gasteiger partial charge in [0.15, 0.2) is 0 Å². The van der Waals surface area contributed by atoms with Gasteiger partial charge in [0.05, 0.1) is 0 Å². The van der Waals surface area contributed by atoms with Crippen LogP contribution in [0.25, 0.3) is 11.1 Å². The summed E-state index contributed by atoms with van der Waals surface area (Å²) in [7, 11) is 0. The largest absolute Gasteiger partial charge is 0.426 e. The molecule has 0 radical (unpaired) electrons. The number of aryl methyl sites for hydroxylation is 2. The fourth-order valence-electron chi connectivity index (χ4n) is 4.69. The van der Waals surface area contributed by atoms with Crippen LogP contribution in [0.2, 0.25) is 0 Å². The number of benzene rings is 2. The number of hydrogen-bond donors (Lipinski definition) is 0. The van der Waals surface area contributed by atoms with E-state index in [0.29, 0.717) is 18.1 Å². The molecule has 2 aromatic carbocycles. The third kappa shape index (κ3) is 3.49. The summed E-state index contributed by atoms with van der Waals surface area (Å²) in [6, 6.07) is 14.6. The van der Waals surface area contributed by atoms with Gasteiger partial charge in [0, 0.05) is 6.42 Å². The van der Waals surface area contributed by atoms with Crippen LogP contribution in [0.15, 0.2) is 42.5 Å². The van der Waals surface area contributed by atoms with Crippen LogP contribution in [0.4, 0.5) is 0 Å². The zero-order valence-corrected chi connectivity index (χ0v) is 15.1. The number of hydrogen-bond acceptors (Lipinski definition) is 2. The van der Waals surface area contributed by atoms with Crippen molar-refractivity contribution in [1.29, 1.82) is 0 Å². The van der Waals surface area contributed by atoms with Crippen molar-refractivity contribution in [3.8, 4) is 16.9 Å². The zero-order valence-electron chi connectivity index (χ0n) is 15.1. The minimum atomic E-state index is -0.0660. The lowest BCUT2D eigenvalue weighted by Crippen LogP contribution is -2.19. The summed E-state index contributed by atoms with van der Waals surface area (Å²) in [4.78, 5) is 12.4. The van der Waals surface area contributed by atoms with Gasteiger partial charge in [-0.2, -0.15) is 0 Å². The van der Waals surface area contributed by atoms with E-state index < -0.39 is 0 Å². The molecule has 0 unspecified atom stereocenters. The van der Waals surface area contributed by atoms with E-state index in [1.54, 1.807) is 0 Å². The van der Waals surface area contributed by atoms with Gasteiger partial charge >= 0.3 is 5.97 Å². The third-order valence-corrected chi connectivity index (χ3v) is 6.10. The van der Waals surface area contributed by atoms with Gasteiger partial charge in [-0.05, 0) is 79.7 Å². The Morgan fingerprint density at radius 1 is 1.00 bits per heavy atom. The van der Waals surface area contributed by atoms with E-state index in [2.05, 4.69) is 37.3 Å². The Morgan fingerprint density at radius 2 is 1.76 bits per heavy atom. The van der Waals surface area contributed by atoms with Gasteiger partial charge in [0.2, 0.25) is 0 Å². The van der Waals surface area contributed by atoms with Crippen LogP contribution < -0.4 is 4.74 Å². The van der Waals surface area contributed by atoms with Crippen molar-refractivity contribution < 1.29 is 9.53 Å². The van der Waals surface area contributed by atoms with Gasteiger partial charge in [-0.1, -0.05) is 42.3 Å². The molecule has 130 valence electrons. The highest BCUT2D eigenvalue weighted by molar-refractivity contribution is 5.74. The predicted molar refractivity (Wildman–Crippen MR) is 101 cm³/mol. The maximum Gasteiger partial charge on any atom is 0.311 e. The lowest BCUT2D eigenvalue weighted by atomic mass is 9.86. The quantitative estimate of drug-likeness (QED) is 0.529. The van der Waals surface area contributed by atoms with Crippen molar-refractivity contribution in [3.05, 3.63) is 53.6 Å². The van der Waals surface area contributed by atoms with Crippen molar-refractivity contribution in [2.75, 3.05) is 0 Å². The standard InChI is InChI=1S/C23H26O2/c1-15-3-6-18(7-4-15)19-9-10-22(16(2)11-19)25-23(24)14-21-13-17-5-8-20(21)12-17/h3-4,6-7,9-11,17,20-21H,5,8,12-14H2,1-2H3/t17-,20+,21+/m0/s1. The highest BCUT2D eigenvalue weighted by Crippen LogP contribution is 2.49. The maximum absolute atomic E-state index is 12.4. The van der Waals surface area contributed by atoms with Crippen LogP contribution in [0.5, 0.6) is 5.75 Å². The van der Waals surface area contributed by atoms with Gasteiger partial charge in [0.25, 0.3) is 0 Å². The Labute approximate surface area is 150 Å². The molecule has 2 aliphatic carbocycles. The molecule has 2 fully saturated rings. The number of carbonyl (C=O) groups is 1. The molecule has 2 nitrogen and oxygen atoms in total. The van der Waals surface area contributed by atoms with E-state index in [-0.39, 0.29) is 5.97 Å². The average Bonchev–Trinajstić information content (AvgIpc) is 3.20. The Hall–Kier alpha value is -2.09. The molecular formula is C23H26O2. The Kier molecular flexibility index (Phi) is 4.37. The molecule has 2 aliphatic rings. The summed E-state index contributed by atoms with van der Waals surface area (Å²) in [5.74, 6) is 2.83. The zero-order chi connectivity index (χ0) is 17.4. The van der Waals surface area contributed by atoms with Crippen LogP contribution in [-0.4, -0.2) is 5.97 Å². The van der Waals surface area contributed by atoms with Crippen LogP contribution in [0.1, 0.15) is 43.2 Å². The van der Waals surface area contributed by atoms with E-state index in [9.17, 15) is 4.79 Å². The predicted octanol–water partition coefficient (Wildman–Crippen LogP) is 5.70. The molecule has 0 aliphatic heterocycles. The fraction of sp³-hybridized carbons (Fsp3) is 0.435. The van der Waals surface area contributed by atoms with Crippen molar-refractivity contribution in [3.63, 3.8) is 0 Å². The molecule has 2 aromatic rings. The second-order valence-corrected chi connectivity index (χ2v) is 7.96. The molecule has 2 heteroatoms. The molecule has 0 amide bonds. The molecule has 3 atom stereocenters. The smallest absolute Gasteiger partial charge is 0.311 e. The van der Waals surface area contributed by atoms with Crippen molar-refractivity contribution in [2.24, 2.45) is 17.8 Å². The topological polar surface area (TPSA) is 26.3 Å². The van der Waals surface area contributed by atoms with Crippen molar-refractivity contribution in [1.82, 2.24) is 0 Å². The van der Waals surface area contributed by atoms with Gasteiger partial charge in [-0.25, -0.2) is 0 Å². The molecule has 0 aromatic heterocycles. The highest BCUT2D eigenvalue weighted by Gasteiger charge is 2.40. The molecule has 2 bridgehead atoms. The van der Waals surface area contributed by atoms with Crippen LogP contribution in [-0.2, 0) is 4.79 Å². The normalized spacial score (nSPS) is 24.5. The monoisotopic (exact) mass is 334 g/mol. The average molecular weight is 334 g/mol. The minimum Gasteiger partial charge on any atom is -0.426 e. The first-order valence-corrected chi connectivity index (χ1v) is 9.47. The van der Waals surface area contributed by atoms with Gasteiger partial charge in [-0.15, -0.1) is 0 Å². The van der Waals surface area contributed by atoms with Gasteiger partial charge in [0.1, 0.15) is 5.75 Å².